The van der Waals surface area contributed by atoms with Crippen LogP contribution in [0.3, 0.4) is 0 Å². The third-order valence-corrected chi connectivity index (χ3v) is 1.15. The Kier molecular flexibility index (Phi) is 6.43. The van der Waals surface area contributed by atoms with Crippen LogP contribution in [-0.4, -0.2) is 26.8 Å². The zero-order valence-electron chi connectivity index (χ0n) is 6.50. The number of ether oxygens (including phenoxy) is 2. The number of hydrogen-bond donors (Lipinski definition) is 0. The highest BCUT2D eigenvalue weighted by molar-refractivity contribution is 5.52. The van der Waals surface area contributed by atoms with Crippen molar-refractivity contribution in [3.8, 4) is 0 Å². The highest BCUT2D eigenvalue weighted by Crippen LogP contribution is 1.96. The Labute approximate surface area is 61.3 Å². The zero-order valence-corrected chi connectivity index (χ0v) is 6.50. The zero-order chi connectivity index (χ0) is 7.82. The Morgan fingerprint density at radius 1 is 1.60 bits per heavy atom. The lowest BCUT2D eigenvalue weighted by atomic mass is 10.1. The Hall–Kier alpha value is -0.410. The summed E-state index contributed by atoms with van der Waals surface area (Å²) >= 11 is 0. The summed E-state index contributed by atoms with van der Waals surface area (Å²) in [6, 6.07) is 0. The van der Waals surface area contributed by atoms with Crippen LogP contribution in [-0.2, 0) is 14.3 Å². The minimum Gasteiger partial charge on any atom is -0.359 e. The smallest absolute Gasteiger partial charge is 0.146 e. The minimum atomic E-state index is 0.0943. The highest BCUT2D eigenvalue weighted by atomic mass is 16.7. The van der Waals surface area contributed by atoms with Crippen LogP contribution in [0.2, 0.25) is 0 Å². The van der Waals surface area contributed by atoms with E-state index in [0.717, 1.165) is 12.7 Å². The van der Waals surface area contributed by atoms with Gasteiger partial charge in [-0.05, 0) is 6.42 Å². The summed E-state index contributed by atoms with van der Waals surface area (Å²) in [4.78, 5) is 10.1. The monoisotopic (exact) mass is 146 g/mol. The molecule has 0 heterocycles. The second kappa shape index (κ2) is 6.71. The van der Waals surface area contributed by atoms with Gasteiger partial charge in [-0.25, -0.2) is 0 Å². The van der Waals surface area contributed by atoms with Gasteiger partial charge in [0.25, 0.3) is 0 Å². The predicted molar refractivity (Wildman–Crippen MR) is 37.7 cm³/mol. The van der Waals surface area contributed by atoms with Crippen molar-refractivity contribution in [2.75, 3.05) is 20.5 Å². The van der Waals surface area contributed by atoms with Crippen LogP contribution in [0, 0.1) is 5.92 Å². The molecular weight excluding hydrogens is 132 g/mol. The molecule has 0 aliphatic rings. The van der Waals surface area contributed by atoms with E-state index in [-0.39, 0.29) is 5.92 Å². The molecule has 0 radical (unpaired) electrons. The van der Waals surface area contributed by atoms with E-state index >= 15 is 0 Å². The molecule has 10 heavy (non-hydrogen) atoms. The van der Waals surface area contributed by atoms with Crippen molar-refractivity contribution >= 4 is 6.29 Å². The fraction of sp³-hybridized carbons (Fsp3) is 0.857. The second-order valence-electron chi connectivity index (χ2n) is 2.22. The van der Waals surface area contributed by atoms with Crippen molar-refractivity contribution in [2.45, 2.75) is 13.3 Å². The van der Waals surface area contributed by atoms with E-state index in [1.54, 1.807) is 7.11 Å². The Bertz CT molecular complexity index is 82.9. The van der Waals surface area contributed by atoms with Crippen LogP contribution in [0.15, 0.2) is 0 Å². The van der Waals surface area contributed by atoms with E-state index in [0.29, 0.717) is 13.4 Å². The van der Waals surface area contributed by atoms with Crippen molar-refractivity contribution in [1.82, 2.24) is 0 Å². The average molecular weight is 146 g/mol. The molecule has 1 atom stereocenters. The van der Waals surface area contributed by atoms with Gasteiger partial charge in [-0.15, -0.1) is 0 Å². The Balaban J connectivity index is 2.95. The fourth-order valence-corrected chi connectivity index (χ4v) is 0.480. The standard InChI is InChI=1S/C7H14O3/c1-7(5-8)3-4-10-6-9-2/h5,7H,3-4,6H2,1-2H3/t7-/m1/s1. The molecule has 3 nitrogen and oxygen atoms in total. The fourth-order valence-electron chi connectivity index (χ4n) is 0.480. The van der Waals surface area contributed by atoms with E-state index in [1.165, 1.54) is 0 Å². The van der Waals surface area contributed by atoms with E-state index in [9.17, 15) is 4.79 Å². The normalized spacial score (nSPS) is 13.0. The van der Waals surface area contributed by atoms with Crippen molar-refractivity contribution < 1.29 is 14.3 Å². The van der Waals surface area contributed by atoms with E-state index < -0.39 is 0 Å². The first-order valence-electron chi connectivity index (χ1n) is 3.33. The maximum atomic E-state index is 10.1. The molecule has 60 valence electrons. The van der Waals surface area contributed by atoms with E-state index in [4.69, 9.17) is 4.74 Å². The van der Waals surface area contributed by atoms with Crippen LogP contribution >= 0.6 is 0 Å². The van der Waals surface area contributed by atoms with Gasteiger partial charge in [-0.3, -0.25) is 0 Å². The van der Waals surface area contributed by atoms with Crippen LogP contribution in [0.5, 0.6) is 0 Å². The predicted octanol–water partition coefficient (Wildman–Crippen LogP) is 0.832. The molecular formula is C7H14O3. The van der Waals surface area contributed by atoms with Crippen molar-refractivity contribution in [3.63, 3.8) is 0 Å². The molecule has 0 aromatic heterocycles. The van der Waals surface area contributed by atoms with Gasteiger partial charge in [0.05, 0.1) is 6.61 Å². The molecule has 0 saturated heterocycles. The van der Waals surface area contributed by atoms with Crippen LogP contribution in [0.4, 0.5) is 0 Å². The van der Waals surface area contributed by atoms with Gasteiger partial charge in [0, 0.05) is 13.0 Å². The molecule has 0 amide bonds. The average Bonchev–Trinajstić information content (AvgIpc) is 1.98. The number of hydrogen-bond acceptors (Lipinski definition) is 3. The summed E-state index contributed by atoms with van der Waals surface area (Å²) in [6.07, 6.45) is 1.70. The number of carbonyl (C=O) groups is 1. The number of methoxy groups -OCH3 is 1. The Morgan fingerprint density at radius 2 is 2.30 bits per heavy atom. The lowest BCUT2D eigenvalue weighted by molar-refractivity contribution is -0.111. The van der Waals surface area contributed by atoms with Gasteiger partial charge in [0.15, 0.2) is 0 Å². The number of aldehydes is 1. The second-order valence-corrected chi connectivity index (χ2v) is 2.22. The van der Waals surface area contributed by atoms with Gasteiger partial charge < -0.3 is 14.3 Å². The molecule has 3 heteroatoms. The summed E-state index contributed by atoms with van der Waals surface area (Å²) in [5, 5.41) is 0. The Morgan fingerprint density at radius 3 is 2.80 bits per heavy atom. The number of carbonyl (C=O) groups excluding carboxylic acids is 1. The first kappa shape index (κ1) is 9.59. The molecule has 0 spiro atoms. The molecule has 0 aromatic rings. The minimum absolute atomic E-state index is 0.0943. The van der Waals surface area contributed by atoms with Crippen LogP contribution < -0.4 is 0 Å². The van der Waals surface area contributed by atoms with Gasteiger partial charge in [0.2, 0.25) is 0 Å². The molecule has 0 rings (SSSR count). The lowest BCUT2D eigenvalue weighted by Gasteiger charge is -2.03. The molecule has 0 bridgehead atoms. The van der Waals surface area contributed by atoms with E-state index in [2.05, 4.69) is 4.74 Å². The lowest BCUT2D eigenvalue weighted by Crippen LogP contribution is -2.04. The topological polar surface area (TPSA) is 35.5 Å². The number of rotatable bonds is 6. The molecule has 0 fully saturated rings. The summed E-state index contributed by atoms with van der Waals surface area (Å²) < 4.78 is 9.62. The molecule has 0 aliphatic carbocycles. The summed E-state index contributed by atoms with van der Waals surface area (Å²) in [5.74, 6) is 0.0943. The largest absolute Gasteiger partial charge is 0.359 e. The summed E-state index contributed by atoms with van der Waals surface area (Å²) in [7, 11) is 1.57. The summed E-state index contributed by atoms with van der Waals surface area (Å²) in [6.45, 7) is 2.77. The van der Waals surface area contributed by atoms with Gasteiger partial charge in [-0.2, -0.15) is 0 Å². The first-order valence-corrected chi connectivity index (χ1v) is 3.33. The summed E-state index contributed by atoms with van der Waals surface area (Å²) in [5.41, 5.74) is 0. The molecule has 0 saturated carbocycles. The highest BCUT2D eigenvalue weighted by Gasteiger charge is 1.97. The van der Waals surface area contributed by atoms with Crippen LogP contribution in [0.25, 0.3) is 0 Å². The van der Waals surface area contributed by atoms with Gasteiger partial charge in [0.1, 0.15) is 13.1 Å². The van der Waals surface area contributed by atoms with Crippen LogP contribution in [0.1, 0.15) is 13.3 Å². The SMILES string of the molecule is COCOCC[C@@H](C)C=O. The molecule has 0 aromatic carbocycles. The molecule has 0 N–H and O–H groups in total. The van der Waals surface area contributed by atoms with E-state index in [1.807, 2.05) is 6.92 Å². The van der Waals surface area contributed by atoms with Crippen molar-refractivity contribution in [2.24, 2.45) is 5.92 Å². The van der Waals surface area contributed by atoms with Crippen molar-refractivity contribution in [1.29, 1.82) is 0 Å². The third-order valence-electron chi connectivity index (χ3n) is 1.15. The maximum Gasteiger partial charge on any atom is 0.146 e. The van der Waals surface area contributed by atoms with Gasteiger partial charge >= 0.3 is 0 Å². The van der Waals surface area contributed by atoms with Crippen molar-refractivity contribution in [3.05, 3.63) is 0 Å². The van der Waals surface area contributed by atoms with Gasteiger partial charge in [-0.1, -0.05) is 6.92 Å². The first-order chi connectivity index (χ1) is 4.81. The maximum absolute atomic E-state index is 10.1. The molecule has 0 aliphatic heterocycles. The molecule has 0 unspecified atom stereocenters. The quantitative estimate of drug-likeness (QED) is 0.316. The third kappa shape index (κ3) is 5.72.